The molecular formula is C18H14N2O2S. The Labute approximate surface area is 138 Å². The minimum absolute atomic E-state index is 0.0426. The number of carbonyl (C=O) groups excluding carboxylic acids is 1. The Morgan fingerprint density at radius 2 is 1.74 bits per heavy atom. The number of ether oxygens (including phenoxy) is 1. The fraction of sp³-hybridized carbons (Fsp3) is 0.167. The molecule has 114 valence electrons. The zero-order chi connectivity index (χ0) is 15.4. The van der Waals surface area contributed by atoms with Crippen LogP contribution in [0, 0.1) is 0 Å². The monoisotopic (exact) mass is 322 g/mol. The van der Waals surface area contributed by atoms with Crippen molar-refractivity contribution in [3.8, 4) is 0 Å². The fourth-order valence-electron chi connectivity index (χ4n) is 3.45. The number of nitrogens with zero attached hydrogens (tertiary/aromatic N) is 2. The number of thioether (sulfide) groups is 1. The second-order valence-electron chi connectivity index (χ2n) is 5.83. The number of hydrogen-bond donors (Lipinski definition) is 0. The average molecular weight is 322 g/mol. The van der Waals surface area contributed by atoms with Crippen molar-refractivity contribution < 1.29 is 9.53 Å². The second kappa shape index (κ2) is 4.55. The van der Waals surface area contributed by atoms with Gasteiger partial charge in [0.05, 0.1) is 6.42 Å². The average Bonchev–Trinajstić information content (AvgIpc) is 3.09. The first-order valence-corrected chi connectivity index (χ1v) is 8.51. The maximum atomic E-state index is 12.4. The van der Waals surface area contributed by atoms with Crippen LogP contribution in [0.2, 0.25) is 0 Å². The molecule has 0 saturated carbocycles. The van der Waals surface area contributed by atoms with Crippen LogP contribution < -0.4 is 0 Å². The molecule has 0 N–H and O–H groups in total. The van der Waals surface area contributed by atoms with Crippen molar-refractivity contribution in [2.45, 2.75) is 17.5 Å². The molecule has 3 heterocycles. The molecule has 23 heavy (non-hydrogen) atoms. The molecule has 0 radical (unpaired) electrons. The Balaban J connectivity index is 1.57. The second-order valence-corrected chi connectivity index (χ2v) is 6.79. The lowest BCUT2D eigenvalue weighted by Gasteiger charge is -2.47. The van der Waals surface area contributed by atoms with Gasteiger partial charge in [-0.3, -0.25) is 4.79 Å². The number of carbonyl (C=O) groups is 1. The van der Waals surface area contributed by atoms with Gasteiger partial charge in [0.2, 0.25) is 11.6 Å². The molecule has 2 aromatic rings. The summed E-state index contributed by atoms with van der Waals surface area (Å²) in [5.74, 6) is 0.860. The molecule has 0 aliphatic carbocycles. The molecular weight excluding hydrogens is 308 g/mol. The number of benzene rings is 2. The van der Waals surface area contributed by atoms with E-state index in [1.54, 1.807) is 16.8 Å². The van der Waals surface area contributed by atoms with E-state index < -0.39 is 5.72 Å². The predicted molar refractivity (Wildman–Crippen MR) is 87.4 cm³/mol. The third-order valence-corrected chi connectivity index (χ3v) is 5.58. The SMILES string of the molecule is O=C1C[C@@]2(c3ccccc3)OC3=CS[C@@H](c4ccccc4)N3N12. The standard InChI is InChI=1S/C18H14N2O2S/c21-15-11-18(14-9-5-2-6-10-14)20(15)19-16(22-18)12-23-17(19)13-7-3-1-4-8-13/h1-10,12,17H,11H2/t17-,18-/m0/s1. The highest BCUT2D eigenvalue weighted by atomic mass is 32.2. The van der Waals surface area contributed by atoms with Crippen LogP contribution in [0.1, 0.15) is 22.9 Å². The van der Waals surface area contributed by atoms with E-state index in [0.717, 1.165) is 17.0 Å². The summed E-state index contributed by atoms with van der Waals surface area (Å²) in [5, 5.41) is 5.83. The summed E-state index contributed by atoms with van der Waals surface area (Å²) in [5.41, 5.74) is 1.51. The van der Waals surface area contributed by atoms with Crippen LogP contribution >= 0.6 is 11.8 Å². The highest BCUT2D eigenvalue weighted by Gasteiger charge is 2.65. The van der Waals surface area contributed by atoms with Crippen molar-refractivity contribution in [2.75, 3.05) is 0 Å². The fourth-order valence-corrected chi connectivity index (χ4v) is 4.48. The van der Waals surface area contributed by atoms with Crippen molar-refractivity contribution in [1.82, 2.24) is 10.0 Å². The van der Waals surface area contributed by atoms with Crippen molar-refractivity contribution in [3.05, 3.63) is 83.1 Å². The normalized spacial score (nSPS) is 27.9. The number of amides is 1. The van der Waals surface area contributed by atoms with E-state index in [-0.39, 0.29) is 11.3 Å². The van der Waals surface area contributed by atoms with E-state index >= 15 is 0 Å². The molecule has 2 aromatic carbocycles. The summed E-state index contributed by atoms with van der Waals surface area (Å²) in [7, 11) is 0. The predicted octanol–water partition coefficient (Wildman–Crippen LogP) is 3.56. The van der Waals surface area contributed by atoms with E-state index in [2.05, 4.69) is 12.1 Å². The maximum Gasteiger partial charge on any atom is 0.251 e. The van der Waals surface area contributed by atoms with Crippen molar-refractivity contribution in [2.24, 2.45) is 0 Å². The number of hydrazine groups is 1. The Hall–Kier alpha value is -2.40. The molecule has 0 unspecified atom stereocenters. The Morgan fingerprint density at radius 1 is 1.04 bits per heavy atom. The molecule has 2 atom stereocenters. The van der Waals surface area contributed by atoms with Gasteiger partial charge in [-0.05, 0) is 5.56 Å². The molecule has 3 aliphatic heterocycles. The van der Waals surface area contributed by atoms with E-state index in [0.29, 0.717) is 6.42 Å². The topological polar surface area (TPSA) is 32.8 Å². The molecule has 2 fully saturated rings. The first-order valence-electron chi connectivity index (χ1n) is 7.57. The summed E-state index contributed by atoms with van der Waals surface area (Å²) < 4.78 is 6.25. The van der Waals surface area contributed by atoms with Crippen molar-refractivity contribution in [3.63, 3.8) is 0 Å². The maximum absolute atomic E-state index is 12.4. The summed E-state index contributed by atoms with van der Waals surface area (Å²) in [6, 6.07) is 20.2. The van der Waals surface area contributed by atoms with Crippen LogP contribution in [0.15, 0.2) is 72.0 Å². The van der Waals surface area contributed by atoms with Gasteiger partial charge in [0.25, 0.3) is 5.91 Å². The molecule has 3 aliphatic rings. The van der Waals surface area contributed by atoms with Gasteiger partial charge in [0.1, 0.15) is 5.37 Å². The quantitative estimate of drug-likeness (QED) is 0.792. The van der Waals surface area contributed by atoms with Crippen molar-refractivity contribution >= 4 is 17.7 Å². The number of fused-ring (bicyclic) bond motifs is 3. The van der Waals surface area contributed by atoms with Gasteiger partial charge in [-0.1, -0.05) is 72.4 Å². The van der Waals surface area contributed by atoms with Gasteiger partial charge in [-0.2, -0.15) is 0 Å². The number of hydrogen-bond acceptors (Lipinski definition) is 4. The van der Waals surface area contributed by atoms with Crippen LogP contribution in [0.4, 0.5) is 0 Å². The van der Waals surface area contributed by atoms with Crippen LogP contribution in [0.3, 0.4) is 0 Å². The number of β-lactam (4-membered cyclic amide) rings is 1. The van der Waals surface area contributed by atoms with E-state index in [1.165, 1.54) is 0 Å². The molecule has 5 rings (SSSR count). The van der Waals surface area contributed by atoms with Crippen LogP contribution in [0.5, 0.6) is 0 Å². The zero-order valence-corrected chi connectivity index (χ0v) is 13.1. The molecule has 1 amide bonds. The summed E-state index contributed by atoms with van der Waals surface area (Å²) in [6.07, 6.45) is 0.386. The minimum Gasteiger partial charge on any atom is -0.444 e. The van der Waals surface area contributed by atoms with Crippen LogP contribution in [0.25, 0.3) is 0 Å². The third kappa shape index (κ3) is 1.65. The lowest BCUT2D eigenvalue weighted by atomic mass is 9.91. The van der Waals surface area contributed by atoms with Crippen molar-refractivity contribution in [1.29, 1.82) is 0 Å². The van der Waals surface area contributed by atoms with Crippen LogP contribution in [-0.4, -0.2) is 15.9 Å². The third-order valence-electron chi connectivity index (χ3n) is 4.51. The molecule has 0 bridgehead atoms. The smallest absolute Gasteiger partial charge is 0.251 e. The van der Waals surface area contributed by atoms with E-state index in [9.17, 15) is 4.79 Å². The largest absolute Gasteiger partial charge is 0.444 e. The highest BCUT2D eigenvalue weighted by molar-refractivity contribution is 8.02. The molecule has 0 aromatic heterocycles. The Morgan fingerprint density at radius 3 is 2.43 bits per heavy atom. The van der Waals surface area contributed by atoms with Gasteiger partial charge >= 0.3 is 0 Å². The van der Waals surface area contributed by atoms with Gasteiger partial charge in [0, 0.05) is 11.0 Å². The first kappa shape index (κ1) is 13.1. The molecule has 5 heteroatoms. The summed E-state index contributed by atoms with van der Waals surface area (Å²) in [6.45, 7) is 0. The van der Waals surface area contributed by atoms with Crippen LogP contribution in [-0.2, 0) is 15.3 Å². The van der Waals surface area contributed by atoms with Gasteiger partial charge in [-0.15, -0.1) is 0 Å². The molecule has 2 saturated heterocycles. The molecule has 0 spiro atoms. The highest BCUT2D eigenvalue weighted by Crippen LogP contribution is 2.59. The van der Waals surface area contributed by atoms with E-state index in [1.807, 2.05) is 58.9 Å². The lowest BCUT2D eigenvalue weighted by Crippen LogP contribution is -2.62. The zero-order valence-electron chi connectivity index (χ0n) is 12.3. The summed E-state index contributed by atoms with van der Waals surface area (Å²) in [4.78, 5) is 12.4. The Kier molecular flexibility index (Phi) is 2.59. The van der Waals surface area contributed by atoms with Gasteiger partial charge in [0.15, 0.2) is 0 Å². The van der Waals surface area contributed by atoms with E-state index in [4.69, 9.17) is 4.74 Å². The number of rotatable bonds is 2. The first-order chi connectivity index (χ1) is 11.3. The lowest BCUT2D eigenvalue weighted by molar-refractivity contribution is -0.209. The summed E-state index contributed by atoms with van der Waals surface area (Å²) >= 11 is 1.67. The molecule has 4 nitrogen and oxygen atoms in total. The van der Waals surface area contributed by atoms with Gasteiger partial charge in [-0.25, -0.2) is 10.0 Å². The minimum atomic E-state index is -0.668. The Bertz CT molecular complexity index is 808. The van der Waals surface area contributed by atoms with Gasteiger partial charge < -0.3 is 4.74 Å².